The number of rotatable bonds is 7. The fourth-order valence-electron chi connectivity index (χ4n) is 5.59. The molecule has 2 heterocycles. The molecule has 0 radical (unpaired) electrons. The van der Waals surface area contributed by atoms with Gasteiger partial charge < -0.3 is 24.0 Å². The Hall–Kier alpha value is -3.69. The third-order valence-electron chi connectivity index (χ3n) is 7.93. The molecule has 0 unspecified atom stereocenters. The Balaban J connectivity index is 1.72. The Bertz CT molecular complexity index is 1370. The minimum Gasteiger partial charge on any atom is -0.497 e. The average Bonchev–Trinajstić information content (AvgIpc) is 3.29. The number of fused-ring (bicyclic) bond motifs is 1. The summed E-state index contributed by atoms with van der Waals surface area (Å²) in [5, 5.41) is 4.21. The quantitative estimate of drug-likeness (QED) is 0.404. The fourth-order valence-corrected chi connectivity index (χ4v) is 5.59. The molecule has 9 heteroatoms. The van der Waals surface area contributed by atoms with E-state index in [1.165, 1.54) is 0 Å². The van der Waals surface area contributed by atoms with Crippen LogP contribution in [-0.4, -0.2) is 85.1 Å². The van der Waals surface area contributed by atoms with Gasteiger partial charge >= 0.3 is 0 Å². The Kier molecular flexibility index (Phi) is 10.4. The average molecular weight is 576 g/mol. The maximum atomic E-state index is 14.1. The number of ether oxygens (including phenoxy) is 1. The fraction of sp³-hybridized carbons (Fsp3) is 0.485. The van der Waals surface area contributed by atoms with Crippen LogP contribution >= 0.6 is 0 Å². The van der Waals surface area contributed by atoms with Crippen LogP contribution in [-0.2, 0) is 24.3 Å². The van der Waals surface area contributed by atoms with E-state index in [-0.39, 0.29) is 18.2 Å². The Labute approximate surface area is 250 Å². The number of para-hydroxylation sites is 1. The molecule has 0 atom stereocenters. The van der Waals surface area contributed by atoms with Gasteiger partial charge in [-0.25, -0.2) is 0 Å². The highest BCUT2D eigenvalue weighted by molar-refractivity contribution is 5.97. The second-order valence-corrected chi connectivity index (χ2v) is 11.7. The van der Waals surface area contributed by atoms with Crippen molar-refractivity contribution in [2.45, 2.75) is 59.7 Å². The molecule has 0 aliphatic carbocycles. The van der Waals surface area contributed by atoms with E-state index in [2.05, 4.69) is 23.9 Å². The third kappa shape index (κ3) is 7.38. The molecule has 1 aromatic heterocycles. The van der Waals surface area contributed by atoms with Crippen molar-refractivity contribution in [1.29, 1.82) is 0 Å². The van der Waals surface area contributed by atoms with Crippen molar-refractivity contribution in [3.63, 3.8) is 0 Å². The van der Waals surface area contributed by atoms with Gasteiger partial charge in [-0.2, -0.15) is 0 Å². The lowest BCUT2D eigenvalue weighted by Gasteiger charge is -2.30. The first-order valence-corrected chi connectivity index (χ1v) is 14.7. The number of amides is 2. The van der Waals surface area contributed by atoms with Gasteiger partial charge in [-0.05, 0) is 77.0 Å². The number of aromatic nitrogens is 1. The highest BCUT2D eigenvalue weighted by Gasteiger charge is 2.29. The standard InChI is InChI=1S/C33H45N5O4/c1-23(2)36-16-9-17-38(30(39)20-26-12-14-28(41-7)15-13-26)32-24(3)10-8-11-27(32)21-37(19-18-36)33(40)31-29(22-35(5)6)25(4)42-34-31/h8,10-15,23H,9,16-22H2,1-7H3. The molecule has 1 aliphatic rings. The van der Waals surface area contributed by atoms with E-state index in [0.29, 0.717) is 43.7 Å². The molecule has 9 nitrogen and oxygen atoms in total. The first kappa shape index (κ1) is 31.3. The van der Waals surface area contributed by atoms with Crippen LogP contribution in [0.15, 0.2) is 47.0 Å². The number of aryl methyl sites for hydroxylation is 2. The predicted molar refractivity (Wildman–Crippen MR) is 165 cm³/mol. The van der Waals surface area contributed by atoms with Gasteiger partial charge in [-0.1, -0.05) is 35.5 Å². The number of hydrogen-bond acceptors (Lipinski definition) is 7. The van der Waals surface area contributed by atoms with Crippen molar-refractivity contribution < 1.29 is 18.8 Å². The van der Waals surface area contributed by atoms with E-state index in [1.807, 2.05) is 85.1 Å². The summed E-state index contributed by atoms with van der Waals surface area (Å²) >= 11 is 0. The smallest absolute Gasteiger partial charge is 0.276 e. The van der Waals surface area contributed by atoms with Gasteiger partial charge in [0.25, 0.3) is 5.91 Å². The highest BCUT2D eigenvalue weighted by atomic mass is 16.5. The molecule has 0 fully saturated rings. The zero-order chi connectivity index (χ0) is 30.4. The van der Waals surface area contributed by atoms with Gasteiger partial charge in [0.05, 0.1) is 19.2 Å². The summed E-state index contributed by atoms with van der Waals surface area (Å²) in [4.78, 5) is 36.3. The van der Waals surface area contributed by atoms with Gasteiger partial charge in [0.1, 0.15) is 11.5 Å². The van der Waals surface area contributed by atoms with Crippen molar-refractivity contribution in [3.05, 3.63) is 76.2 Å². The number of hydrogen-bond donors (Lipinski definition) is 0. The number of nitrogens with zero attached hydrogens (tertiary/aromatic N) is 5. The second-order valence-electron chi connectivity index (χ2n) is 11.7. The molecule has 0 N–H and O–H groups in total. The van der Waals surface area contributed by atoms with E-state index in [0.717, 1.165) is 53.2 Å². The molecule has 0 saturated carbocycles. The van der Waals surface area contributed by atoms with E-state index in [9.17, 15) is 9.59 Å². The molecule has 3 aromatic rings. The number of carbonyl (C=O) groups excluding carboxylic acids is 2. The molecule has 2 aromatic carbocycles. The van der Waals surface area contributed by atoms with Crippen molar-refractivity contribution >= 4 is 17.5 Å². The van der Waals surface area contributed by atoms with Gasteiger partial charge in [0.2, 0.25) is 5.91 Å². The second kappa shape index (κ2) is 14.0. The lowest BCUT2D eigenvalue weighted by atomic mass is 10.0. The highest BCUT2D eigenvalue weighted by Crippen LogP contribution is 2.29. The van der Waals surface area contributed by atoms with E-state index in [4.69, 9.17) is 9.26 Å². The van der Waals surface area contributed by atoms with Crippen molar-refractivity contribution in [1.82, 2.24) is 19.9 Å². The molecule has 226 valence electrons. The van der Waals surface area contributed by atoms with Crippen LogP contribution in [0.4, 0.5) is 5.69 Å². The SMILES string of the molecule is COc1ccc(CC(=O)N2CCCN(C(C)C)CCN(C(=O)c3noc(C)c3CN(C)C)Cc3cccc(C)c32)cc1. The van der Waals surface area contributed by atoms with Gasteiger partial charge in [-0.15, -0.1) is 0 Å². The summed E-state index contributed by atoms with van der Waals surface area (Å²) in [5.41, 5.74) is 4.93. The summed E-state index contributed by atoms with van der Waals surface area (Å²) in [6.45, 7) is 11.8. The maximum Gasteiger partial charge on any atom is 0.276 e. The summed E-state index contributed by atoms with van der Waals surface area (Å²) in [5.74, 6) is 1.29. The number of carbonyl (C=O) groups is 2. The van der Waals surface area contributed by atoms with Gasteiger partial charge in [0.15, 0.2) is 5.69 Å². The van der Waals surface area contributed by atoms with Crippen molar-refractivity contribution in [3.8, 4) is 5.75 Å². The topological polar surface area (TPSA) is 82.4 Å². The molecule has 0 spiro atoms. The van der Waals surface area contributed by atoms with Crippen LogP contribution in [0.2, 0.25) is 0 Å². The van der Waals surface area contributed by atoms with Gasteiger partial charge in [-0.3, -0.25) is 14.5 Å². The molecule has 1 aliphatic heterocycles. The van der Waals surface area contributed by atoms with E-state index < -0.39 is 0 Å². The lowest BCUT2D eigenvalue weighted by Crippen LogP contribution is -2.41. The van der Waals surface area contributed by atoms with E-state index >= 15 is 0 Å². The summed E-state index contributed by atoms with van der Waals surface area (Å²) in [7, 11) is 5.56. The van der Waals surface area contributed by atoms with Crippen LogP contribution in [0.1, 0.15) is 58.8 Å². The third-order valence-corrected chi connectivity index (χ3v) is 7.93. The Morgan fingerprint density at radius 3 is 2.43 bits per heavy atom. The summed E-state index contributed by atoms with van der Waals surface area (Å²) in [6.07, 6.45) is 1.10. The molecule has 0 bridgehead atoms. The Morgan fingerprint density at radius 2 is 1.76 bits per heavy atom. The minimum atomic E-state index is -0.157. The molecule has 2 amide bonds. The largest absolute Gasteiger partial charge is 0.497 e. The van der Waals surface area contributed by atoms with Crippen LogP contribution < -0.4 is 9.64 Å². The molecule has 4 rings (SSSR count). The Morgan fingerprint density at radius 1 is 1.02 bits per heavy atom. The van der Waals surface area contributed by atoms with Crippen LogP contribution in [0.5, 0.6) is 5.75 Å². The van der Waals surface area contributed by atoms with E-state index in [1.54, 1.807) is 7.11 Å². The first-order chi connectivity index (χ1) is 20.1. The molecular weight excluding hydrogens is 530 g/mol. The summed E-state index contributed by atoms with van der Waals surface area (Å²) in [6, 6.07) is 14.0. The molecule has 0 saturated heterocycles. The minimum absolute atomic E-state index is 0.0318. The monoisotopic (exact) mass is 575 g/mol. The van der Waals surface area contributed by atoms with Crippen LogP contribution in [0.3, 0.4) is 0 Å². The zero-order valence-electron chi connectivity index (χ0n) is 26.1. The normalized spacial score (nSPS) is 15.1. The van der Waals surface area contributed by atoms with Crippen LogP contribution in [0, 0.1) is 13.8 Å². The van der Waals surface area contributed by atoms with Crippen molar-refractivity contribution in [2.24, 2.45) is 0 Å². The first-order valence-electron chi connectivity index (χ1n) is 14.7. The summed E-state index contributed by atoms with van der Waals surface area (Å²) < 4.78 is 10.8. The van der Waals surface area contributed by atoms with Crippen molar-refractivity contribution in [2.75, 3.05) is 52.3 Å². The molecule has 42 heavy (non-hydrogen) atoms. The zero-order valence-corrected chi connectivity index (χ0v) is 26.1. The number of anilines is 1. The molecular formula is C33H45N5O4. The van der Waals surface area contributed by atoms with Gasteiger partial charge in [0, 0.05) is 50.9 Å². The lowest BCUT2D eigenvalue weighted by molar-refractivity contribution is -0.118. The van der Waals surface area contributed by atoms with Crippen LogP contribution in [0.25, 0.3) is 0 Å². The number of methoxy groups -OCH3 is 1. The predicted octanol–water partition coefficient (Wildman–Crippen LogP) is 4.69. The number of benzene rings is 2. The maximum absolute atomic E-state index is 14.1.